The van der Waals surface area contributed by atoms with Gasteiger partial charge < -0.3 is 0 Å². The van der Waals surface area contributed by atoms with Crippen molar-refractivity contribution in [3.05, 3.63) is 0 Å². The summed E-state index contributed by atoms with van der Waals surface area (Å²) in [7, 11) is 0. The highest BCUT2D eigenvalue weighted by Gasteiger charge is 2.07. The summed E-state index contributed by atoms with van der Waals surface area (Å²) in [4.78, 5) is 24.7. The van der Waals surface area contributed by atoms with Crippen LogP contribution in [0.25, 0.3) is 0 Å². The largest absolute Gasteiger partial charge is 0.445 e. The summed E-state index contributed by atoms with van der Waals surface area (Å²) >= 11 is 0. The molecule has 0 saturated heterocycles. The van der Waals surface area contributed by atoms with E-state index in [1.165, 1.54) is 19.3 Å². The average molecular weight is 217 g/mol. The SMILES string of the molecule is CCCCCCCCC(=O)NC(=O)OO. The topological polar surface area (TPSA) is 75.6 Å². The Morgan fingerprint density at radius 1 is 1.13 bits per heavy atom. The molecule has 0 aromatic heterocycles. The van der Waals surface area contributed by atoms with Gasteiger partial charge >= 0.3 is 6.09 Å². The van der Waals surface area contributed by atoms with E-state index in [1.807, 2.05) is 5.32 Å². The molecule has 0 aromatic rings. The van der Waals surface area contributed by atoms with Gasteiger partial charge in [-0.3, -0.25) is 15.0 Å². The lowest BCUT2D eigenvalue weighted by molar-refractivity contribution is -0.178. The maximum Gasteiger partial charge on any atom is 0.445 e. The molecule has 0 atom stereocenters. The van der Waals surface area contributed by atoms with Gasteiger partial charge in [0.25, 0.3) is 0 Å². The quantitative estimate of drug-likeness (QED) is 0.390. The van der Waals surface area contributed by atoms with E-state index in [9.17, 15) is 9.59 Å². The number of unbranched alkanes of at least 4 members (excludes halogenated alkanes) is 5. The summed E-state index contributed by atoms with van der Waals surface area (Å²) in [5.74, 6) is -0.412. The first kappa shape index (κ1) is 13.9. The lowest BCUT2D eigenvalue weighted by Gasteiger charge is -2.01. The number of nitrogens with one attached hydrogen (secondary N) is 1. The number of amides is 2. The lowest BCUT2D eigenvalue weighted by atomic mass is 10.1. The molecule has 0 unspecified atom stereocenters. The van der Waals surface area contributed by atoms with Gasteiger partial charge in [0.2, 0.25) is 5.91 Å². The van der Waals surface area contributed by atoms with Gasteiger partial charge in [-0.1, -0.05) is 39.0 Å². The predicted molar refractivity (Wildman–Crippen MR) is 55.2 cm³/mol. The van der Waals surface area contributed by atoms with Gasteiger partial charge in [-0.15, -0.1) is 0 Å². The van der Waals surface area contributed by atoms with Crippen LogP contribution in [-0.2, 0) is 9.68 Å². The first-order valence-electron chi connectivity index (χ1n) is 5.36. The molecule has 0 heterocycles. The molecule has 0 rings (SSSR count). The van der Waals surface area contributed by atoms with E-state index in [4.69, 9.17) is 5.26 Å². The van der Waals surface area contributed by atoms with Crippen molar-refractivity contribution in [3.8, 4) is 0 Å². The van der Waals surface area contributed by atoms with E-state index in [-0.39, 0.29) is 0 Å². The summed E-state index contributed by atoms with van der Waals surface area (Å²) in [6.07, 6.45) is 5.65. The molecule has 0 aromatic carbocycles. The molecule has 0 bridgehead atoms. The molecule has 0 fully saturated rings. The van der Waals surface area contributed by atoms with E-state index in [0.29, 0.717) is 6.42 Å². The monoisotopic (exact) mass is 217 g/mol. The van der Waals surface area contributed by atoms with Crippen LogP contribution >= 0.6 is 0 Å². The second-order valence-corrected chi connectivity index (χ2v) is 3.44. The van der Waals surface area contributed by atoms with Crippen molar-refractivity contribution in [2.75, 3.05) is 0 Å². The molecular formula is C10H19NO4. The maximum absolute atomic E-state index is 11.0. The maximum atomic E-state index is 11.0. The predicted octanol–water partition coefficient (Wildman–Crippen LogP) is 2.46. The fourth-order valence-electron chi connectivity index (χ4n) is 1.27. The van der Waals surface area contributed by atoms with Crippen molar-refractivity contribution in [2.24, 2.45) is 0 Å². The van der Waals surface area contributed by atoms with Gasteiger partial charge in [0, 0.05) is 6.42 Å². The van der Waals surface area contributed by atoms with E-state index >= 15 is 0 Å². The van der Waals surface area contributed by atoms with Crippen molar-refractivity contribution in [1.82, 2.24) is 5.32 Å². The Labute approximate surface area is 89.7 Å². The number of hydrogen-bond acceptors (Lipinski definition) is 4. The summed E-state index contributed by atoms with van der Waals surface area (Å²) in [5, 5.41) is 9.77. The summed E-state index contributed by atoms with van der Waals surface area (Å²) < 4.78 is 0. The Morgan fingerprint density at radius 3 is 2.33 bits per heavy atom. The Hall–Kier alpha value is -1.10. The van der Waals surface area contributed by atoms with Crippen LogP contribution in [0.1, 0.15) is 51.9 Å². The molecule has 2 N–H and O–H groups in total. The molecule has 0 saturated carbocycles. The highest BCUT2D eigenvalue weighted by atomic mass is 17.1. The molecule has 5 nitrogen and oxygen atoms in total. The third-order valence-corrected chi connectivity index (χ3v) is 2.08. The zero-order chi connectivity index (χ0) is 11.5. The third-order valence-electron chi connectivity index (χ3n) is 2.08. The standard InChI is InChI=1S/C10H19NO4/c1-2-3-4-5-6-7-8-9(12)11-10(13)15-14/h14H,2-8H2,1H3,(H,11,12,13). The lowest BCUT2D eigenvalue weighted by Crippen LogP contribution is -2.29. The van der Waals surface area contributed by atoms with Gasteiger partial charge in [-0.05, 0) is 6.42 Å². The molecule has 88 valence electrons. The zero-order valence-corrected chi connectivity index (χ0v) is 9.12. The number of imide groups is 1. The molecular weight excluding hydrogens is 198 g/mol. The minimum Gasteiger partial charge on any atom is -0.278 e. The van der Waals surface area contributed by atoms with Crippen molar-refractivity contribution in [2.45, 2.75) is 51.9 Å². The normalized spacial score (nSPS) is 9.73. The van der Waals surface area contributed by atoms with Gasteiger partial charge in [0.15, 0.2) is 0 Å². The minimum absolute atomic E-state index is 0.293. The first-order chi connectivity index (χ1) is 7.20. The van der Waals surface area contributed by atoms with Crippen LogP contribution in [0.4, 0.5) is 4.79 Å². The van der Waals surface area contributed by atoms with Crippen LogP contribution in [0.3, 0.4) is 0 Å². The van der Waals surface area contributed by atoms with Crippen LogP contribution in [0.2, 0.25) is 0 Å². The van der Waals surface area contributed by atoms with Crippen molar-refractivity contribution >= 4 is 12.0 Å². The summed E-state index contributed by atoms with van der Waals surface area (Å²) in [5.41, 5.74) is 0. The molecule has 15 heavy (non-hydrogen) atoms. The van der Waals surface area contributed by atoms with Crippen LogP contribution in [0.15, 0.2) is 0 Å². The van der Waals surface area contributed by atoms with Crippen LogP contribution in [0, 0.1) is 0 Å². The van der Waals surface area contributed by atoms with Crippen molar-refractivity contribution in [1.29, 1.82) is 0 Å². The van der Waals surface area contributed by atoms with E-state index in [1.54, 1.807) is 0 Å². The van der Waals surface area contributed by atoms with Crippen LogP contribution in [0.5, 0.6) is 0 Å². The molecule has 0 spiro atoms. The van der Waals surface area contributed by atoms with Gasteiger partial charge in [-0.2, -0.15) is 5.26 Å². The van der Waals surface area contributed by atoms with E-state index in [2.05, 4.69) is 11.8 Å². The molecule has 0 aliphatic heterocycles. The smallest absolute Gasteiger partial charge is 0.278 e. The van der Waals surface area contributed by atoms with Crippen LogP contribution in [-0.4, -0.2) is 17.3 Å². The molecule has 0 radical (unpaired) electrons. The molecule has 0 aliphatic carbocycles. The number of carbonyl (C=O) groups is 2. The molecule has 2 amide bonds. The Balaban J connectivity index is 3.28. The fourth-order valence-corrected chi connectivity index (χ4v) is 1.27. The van der Waals surface area contributed by atoms with Gasteiger partial charge in [-0.25, -0.2) is 4.79 Å². The second-order valence-electron chi connectivity index (χ2n) is 3.44. The average Bonchev–Trinajstić information content (AvgIpc) is 2.23. The highest BCUT2D eigenvalue weighted by Crippen LogP contribution is 2.06. The third kappa shape index (κ3) is 9.21. The fraction of sp³-hybridized carbons (Fsp3) is 0.800. The Kier molecular flexibility index (Phi) is 8.76. The van der Waals surface area contributed by atoms with E-state index in [0.717, 1.165) is 19.3 Å². The minimum atomic E-state index is -1.12. The first-order valence-corrected chi connectivity index (χ1v) is 5.36. The highest BCUT2D eigenvalue weighted by molar-refractivity contribution is 5.91. The zero-order valence-electron chi connectivity index (χ0n) is 9.12. The Morgan fingerprint density at radius 2 is 1.73 bits per heavy atom. The molecule has 0 aliphatic rings. The number of hydrogen-bond donors (Lipinski definition) is 2. The summed E-state index contributed by atoms with van der Waals surface area (Å²) in [6, 6.07) is 0. The van der Waals surface area contributed by atoms with Gasteiger partial charge in [0.05, 0.1) is 0 Å². The van der Waals surface area contributed by atoms with E-state index < -0.39 is 12.0 Å². The second kappa shape index (κ2) is 9.45. The Bertz CT molecular complexity index is 194. The summed E-state index contributed by atoms with van der Waals surface area (Å²) in [6.45, 7) is 2.15. The number of rotatable bonds is 7. The van der Waals surface area contributed by atoms with Crippen molar-refractivity contribution < 1.29 is 19.7 Å². The van der Waals surface area contributed by atoms with Crippen LogP contribution < -0.4 is 5.32 Å². The van der Waals surface area contributed by atoms with Gasteiger partial charge in [0.1, 0.15) is 0 Å². The van der Waals surface area contributed by atoms with Crippen molar-refractivity contribution in [3.63, 3.8) is 0 Å². The molecule has 5 heteroatoms. The number of carbonyl (C=O) groups excluding carboxylic acids is 2.